The number of nitrogens with zero attached hydrogens (tertiary/aromatic N) is 3. The molecule has 10 heteroatoms. The summed E-state index contributed by atoms with van der Waals surface area (Å²) in [5, 5.41) is 17.5. The lowest BCUT2D eigenvalue weighted by molar-refractivity contribution is -0.129. The largest absolute Gasteiger partial charge is 0.476 e. The van der Waals surface area contributed by atoms with Gasteiger partial charge in [-0.05, 0) is 28.8 Å². The number of thioether (sulfide) groups is 1. The first-order valence-electron chi connectivity index (χ1n) is 12.6. The Morgan fingerprint density at radius 2 is 1.37 bits per heavy atom. The van der Waals surface area contributed by atoms with Gasteiger partial charge < -0.3 is 15.3 Å². The minimum Gasteiger partial charge on any atom is -0.476 e. The van der Waals surface area contributed by atoms with Gasteiger partial charge in [-0.25, -0.2) is 9.18 Å². The second-order valence-corrected chi connectivity index (χ2v) is 10.7. The maximum atomic E-state index is 13.7. The molecule has 0 amide bonds. The molecule has 7 nitrogen and oxygen atoms in total. The molecule has 41 heavy (non-hydrogen) atoms. The molecular weight excluding hydrogens is 559 g/mol. The Morgan fingerprint density at radius 1 is 0.878 bits per heavy atom. The maximum Gasteiger partial charge on any atom is 0.362 e. The van der Waals surface area contributed by atoms with Crippen molar-refractivity contribution in [1.82, 2.24) is 9.36 Å². The monoisotopic (exact) mass is 584 g/mol. The van der Waals surface area contributed by atoms with Crippen LogP contribution in [0.15, 0.2) is 131 Å². The molecule has 206 valence electrons. The van der Waals surface area contributed by atoms with Gasteiger partial charge in [-0.1, -0.05) is 126 Å². The van der Waals surface area contributed by atoms with Crippen LogP contribution in [0, 0.1) is 0 Å². The van der Waals surface area contributed by atoms with E-state index < -0.39 is 29.3 Å². The average molecular weight is 585 g/mol. The highest BCUT2D eigenvalue weighted by Gasteiger charge is 2.37. The number of halogens is 1. The van der Waals surface area contributed by atoms with Crippen molar-refractivity contribution in [2.24, 2.45) is 5.16 Å². The van der Waals surface area contributed by atoms with E-state index in [9.17, 15) is 14.3 Å². The van der Waals surface area contributed by atoms with Crippen LogP contribution in [0.1, 0.15) is 22.5 Å². The molecule has 5 rings (SSSR count). The molecule has 4 aromatic carbocycles. The summed E-state index contributed by atoms with van der Waals surface area (Å²) in [6.07, 6.45) is 0. The number of nitrogens with one attached hydrogen (secondary N) is 1. The number of alkyl halides is 1. The van der Waals surface area contributed by atoms with Crippen molar-refractivity contribution in [1.29, 1.82) is 0 Å². The Morgan fingerprint density at radius 3 is 1.83 bits per heavy atom. The quantitative estimate of drug-likeness (QED) is 0.0545. The lowest BCUT2D eigenvalue weighted by atomic mass is 9.77. The summed E-state index contributed by atoms with van der Waals surface area (Å²) in [4.78, 5) is 22.7. The summed E-state index contributed by atoms with van der Waals surface area (Å²) < 4.78 is 17.9. The van der Waals surface area contributed by atoms with Gasteiger partial charge in [0.05, 0.1) is 0 Å². The predicted molar refractivity (Wildman–Crippen MR) is 160 cm³/mol. The SMILES string of the molecule is O=C(O)C(=NOC(CF)Sc1ccccc1)c1nsc(NC(c2ccccc2)(c2ccccc2)c2ccccc2)n1. The summed E-state index contributed by atoms with van der Waals surface area (Å²) in [5.41, 5.74) is 0.425. The second-order valence-electron chi connectivity index (χ2n) is 8.76. The molecule has 0 saturated heterocycles. The Labute approximate surface area is 244 Å². The fourth-order valence-corrected chi connectivity index (χ4v) is 5.72. The summed E-state index contributed by atoms with van der Waals surface area (Å²) in [5.74, 6) is -1.53. The zero-order chi connectivity index (χ0) is 28.5. The van der Waals surface area contributed by atoms with Crippen molar-refractivity contribution in [3.63, 3.8) is 0 Å². The molecule has 0 aliphatic heterocycles. The molecule has 0 aliphatic rings. The summed E-state index contributed by atoms with van der Waals surface area (Å²) >= 11 is 2.09. The van der Waals surface area contributed by atoms with E-state index in [1.807, 2.05) is 109 Å². The van der Waals surface area contributed by atoms with Crippen LogP contribution in [0.4, 0.5) is 9.52 Å². The van der Waals surface area contributed by atoms with Gasteiger partial charge >= 0.3 is 5.97 Å². The number of anilines is 1. The van der Waals surface area contributed by atoms with Gasteiger partial charge in [0.2, 0.25) is 22.1 Å². The van der Waals surface area contributed by atoms with Crippen molar-refractivity contribution in [2.75, 3.05) is 12.0 Å². The van der Waals surface area contributed by atoms with Crippen LogP contribution in [-0.4, -0.2) is 38.3 Å². The highest BCUT2D eigenvalue weighted by molar-refractivity contribution is 7.99. The summed E-state index contributed by atoms with van der Waals surface area (Å²) in [7, 11) is 0. The highest BCUT2D eigenvalue weighted by atomic mass is 32.2. The first kappa shape index (κ1) is 28.0. The first-order valence-corrected chi connectivity index (χ1v) is 14.3. The number of hydrogen-bond acceptors (Lipinski definition) is 8. The van der Waals surface area contributed by atoms with Gasteiger partial charge in [-0.15, -0.1) is 0 Å². The molecule has 2 N–H and O–H groups in total. The third-order valence-corrected chi connectivity index (χ3v) is 7.80. The molecule has 0 saturated carbocycles. The molecule has 1 unspecified atom stereocenters. The molecular formula is C31H25FN4O3S2. The lowest BCUT2D eigenvalue weighted by Gasteiger charge is -2.36. The van der Waals surface area contributed by atoms with E-state index in [0.717, 1.165) is 44.9 Å². The zero-order valence-electron chi connectivity index (χ0n) is 21.6. The molecule has 0 fully saturated rings. The molecule has 0 bridgehead atoms. The standard InChI is InChI=1S/C31H25FN4O3S2/c32-21-26(40-25-19-11-4-12-20-25)39-35-27(29(37)38)28-33-30(41-36-28)34-31(22-13-5-1-6-14-22,23-15-7-2-8-16-23)24-17-9-3-10-18-24/h1-20,26H,21H2,(H,37,38)(H,33,34,36). The number of carboxylic acids is 1. The Hall–Kier alpha value is -4.54. The van der Waals surface area contributed by atoms with Gasteiger partial charge in [0.25, 0.3) is 0 Å². The van der Waals surface area contributed by atoms with E-state index in [0.29, 0.717) is 5.13 Å². The third-order valence-electron chi connectivity index (χ3n) is 6.15. The van der Waals surface area contributed by atoms with Crippen LogP contribution in [-0.2, 0) is 15.2 Å². The number of oxime groups is 1. The van der Waals surface area contributed by atoms with Crippen LogP contribution in [0.2, 0.25) is 0 Å². The van der Waals surface area contributed by atoms with E-state index in [4.69, 9.17) is 4.84 Å². The maximum absolute atomic E-state index is 13.7. The molecule has 5 aromatic rings. The summed E-state index contributed by atoms with van der Waals surface area (Å²) in [6.45, 7) is -0.874. The topological polar surface area (TPSA) is 96.7 Å². The molecule has 1 heterocycles. The van der Waals surface area contributed by atoms with Crippen molar-refractivity contribution in [3.05, 3.63) is 144 Å². The van der Waals surface area contributed by atoms with Crippen LogP contribution in [0.25, 0.3) is 0 Å². The minimum absolute atomic E-state index is 0.143. The summed E-state index contributed by atoms with van der Waals surface area (Å²) in [6, 6.07) is 38.8. The van der Waals surface area contributed by atoms with Crippen LogP contribution >= 0.6 is 23.3 Å². The number of carbonyl (C=O) groups is 1. The van der Waals surface area contributed by atoms with Crippen LogP contribution in [0.3, 0.4) is 0 Å². The zero-order valence-corrected chi connectivity index (χ0v) is 23.3. The van der Waals surface area contributed by atoms with Gasteiger partial charge in [0, 0.05) is 16.4 Å². The molecule has 0 aliphatic carbocycles. The van der Waals surface area contributed by atoms with Crippen LogP contribution < -0.4 is 5.32 Å². The van der Waals surface area contributed by atoms with Gasteiger partial charge in [0.1, 0.15) is 12.2 Å². The molecule has 1 aromatic heterocycles. The van der Waals surface area contributed by atoms with Gasteiger partial charge in [0.15, 0.2) is 0 Å². The minimum atomic E-state index is -1.39. The van der Waals surface area contributed by atoms with E-state index in [2.05, 4.69) is 19.8 Å². The number of benzene rings is 4. The highest BCUT2D eigenvalue weighted by Crippen LogP contribution is 2.40. The van der Waals surface area contributed by atoms with E-state index >= 15 is 0 Å². The van der Waals surface area contributed by atoms with E-state index in [-0.39, 0.29) is 5.82 Å². The fourth-order valence-electron chi connectivity index (χ4n) is 4.33. The number of carboxylic acid groups (broad SMARTS) is 1. The predicted octanol–water partition coefficient (Wildman–Crippen LogP) is 6.84. The van der Waals surface area contributed by atoms with E-state index in [1.165, 1.54) is 0 Å². The third kappa shape index (κ3) is 6.45. The number of aliphatic carboxylic acids is 1. The smallest absolute Gasteiger partial charge is 0.362 e. The van der Waals surface area contributed by atoms with Crippen molar-refractivity contribution < 1.29 is 19.1 Å². The molecule has 0 radical (unpaired) electrons. The molecule has 0 spiro atoms. The average Bonchev–Trinajstić information content (AvgIpc) is 3.49. The molecule has 1 atom stereocenters. The number of rotatable bonds is 12. The number of hydrogen-bond donors (Lipinski definition) is 2. The Kier molecular flexibility index (Phi) is 9.02. The Balaban J connectivity index is 1.50. The lowest BCUT2D eigenvalue weighted by Crippen LogP contribution is -2.38. The van der Waals surface area contributed by atoms with E-state index in [1.54, 1.807) is 12.1 Å². The Bertz CT molecular complexity index is 1490. The van der Waals surface area contributed by atoms with Crippen LogP contribution in [0.5, 0.6) is 0 Å². The fraction of sp³-hybridized carbons (Fsp3) is 0.0968. The normalized spacial score (nSPS) is 12.5. The van der Waals surface area contributed by atoms with Crippen molar-refractivity contribution in [2.45, 2.75) is 15.9 Å². The van der Waals surface area contributed by atoms with Crippen molar-refractivity contribution >= 4 is 40.1 Å². The van der Waals surface area contributed by atoms with Gasteiger partial charge in [-0.3, -0.25) is 0 Å². The van der Waals surface area contributed by atoms with Crippen molar-refractivity contribution in [3.8, 4) is 0 Å². The second kappa shape index (κ2) is 13.2. The first-order chi connectivity index (χ1) is 20.1. The van der Waals surface area contributed by atoms with Gasteiger partial charge in [-0.2, -0.15) is 9.36 Å². The number of aromatic nitrogens is 2.